The lowest BCUT2D eigenvalue weighted by Crippen LogP contribution is -2.25. The molecule has 0 bridgehead atoms. The molecule has 0 saturated carbocycles. The quantitative estimate of drug-likeness (QED) is 0.291. The second kappa shape index (κ2) is 10.6. The van der Waals surface area contributed by atoms with Crippen LogP contribution < -0.4 is 10.4 Å². The molecule has 0 saturated heterocycles. The van der Waals surface area contributed by atoms with Crippen molar-refractivity contribution in [1.29, 1.82) is 5.26 Å². The van der Waals surface area contributed by atoms with E-state index in [0.717, 1.165) is 11.1 Å². The Balaban J connectivity index is 1.92. The molecule has 1 N–H and O–H groups in total. The molecule has 0 aliphatic heterocycles. The maximum Gasteiger partial charge on any atom is 0.335 e. The van der Waals surface area contributed by atoms with Gasteiger partial charge in [-0.1, -0.05) is 72.8 Å². The first-order chi connectivity index (χ1) is 18.9. The highest BCUT2D eigenvalue weighted by Crippen LogP contribution is 2.38. The fraction of sp³-hybridized carbons (Fsp3) is 0.0938. The summed E-state index contributed by atoms with van der Waals surface area (Å²) in [4.78, 5) is 26.1. The molecule has 4 aromatic carbocycles. The summed E-state index contributed by atoms with van der Waals surface area (Å²) >= 11 is 0. The molecule has 7 nitrogen and oxygen atoms in total. The van der Waals surface area contributed by atoms with Gasteiger partial charge in [0, 0.05) is 11.1 Å². The number of aromatic carboxylic acids is 1. The first kappa shape index (κ1) is 25.3. The van der Waals surface area contributed by atoms with E-state index >= 15 is 0 Å². The summed E-state index contributed by atoms with van der Waals surface area (Å²) in [6.07, 6.45) is 0. The minimum Gasteiger partial charge on any atom is -0.495 e. The van der Waals surface area contributed by atoms with Gasteiger partial charge in [-0.05, 0) is 42.3 Å². The Bertz CT molecular complexity index is 1780. The zero-order valence-corrected chi connectivity index (χ0v) is 21.5. The topological polar surface area (TPSA) is 97.2 Å². The van der Waals surface area contributed by atoms with Crippen molar-refractivity contribution in [2.24, 2.45) is 0 Å². The molecule has 0 fully saturated rings. The normalized spacial score (nSPS) is 10.7. The molecule has 0 aliphatic carbocycles. The van der Waals surface area contributed by atoms with Crippen molar-refractivity contribution >= 4 is 5.97 Å². The zero-order chi connectivity index (χ0) is 27.5. The molecular weight excluding hydrogens is 490 g/mol. The van der Waals surface area contributed by atoms with Gasteiger partial charge in [0.2, 0.25) is 0 Å². The molecule has 0 atom stereocenters. The Hall–Kier alpha value is -5.35. The summed E-state index contributed by atoms with van der Waals surface area (Å²) in [5.41, 5.74) is 4.91. The fourth-order valence-electron chi connectivity index (χ4n) is 4.87. The Kier molecular flexibility index (Phi) is 6.85. The van der Waals surface area contributed by atoms with E-state index in [-0.39, 0.29) is 17.8 Å². The summed E-state index contributed by atoms with van der Waals surface area (Å²) in [5.74, 6) is -0.584. The number of carbonyl (C=O) groups is 1. The van der Waals surface area contributed by atoms with Gasteiger partial charge in [0.05, 0.1) is 47.9 Å². The van der Waals surface area contributed by atoms with Crippen molar-refractivity contribution in [3.63, 3.8) is 0 Å². The Morgan fingerprint density at radius 2 is 1.54 bits per heavy atom. The van der Waals surface area contributed by atoms with Crippen LogP contribution in [0.3, 0.4) is 0 Å². The van der Waals surface area contributed by atoms with Crippen LogP contribution in [0.25, 0.3) is 28.2 Å². The van der Waals surface area contributed by atoms with Gasteiger partial charge in [-0.15, -0.1) is 0 Å². The summed E-state index contributed by atoms with van der Waals surface area (Å²) in [6.45, 7) is 1.93. The maximum absolute atomic E-state index is 14.5. The Labute approximate surface area is 225 Å². The first-order valence-electron chi connectivity index (χ1n) is 12.3. The number of methoxy groups -OCH3 is 1. The first-order valence-corrected chi connectivity index (χ1v) is 12.3. The van der Waals surface area contributed by atoms with E-state index in [2.05, 4.69) is 6.07 Å². The molecule has 1 heterocycles. The summed E-state index contributed by atoms with van der Waals surface area (Å²) in [6, 6.07) is 31.3. The van der Waals surface area contributed by atoms with Crippen LogP contribution in [-0.4, -0.2) is 27.3 Å². The van der Waals surface area contributed by atoms with Crippen LogP contribution in [0.5, 0.6) is 5.75 Å². The Morgan fingerprint density at radius 1 is 0.897 bits per heavy atom. The highest BCUT2D eigenvalue weighted by atomic mass is 16.5. The highest BCUT2D eigenvalue weighted by molar-refractivity contribution is 5.87. The number of ether oxygens (including phenoxy) is 1. The Morgan fingerprint density at radius 3 is 2.13 bits per heavy atom. The number of imidazole rings is 1. The molecule has 39 heavy (non-hydrogen) atoms. The number of carboxylic acid groups (broad SMARTS) is 1. The minimum absolute atomic E-state index is 0.135. The molecule has 192 valence electrons. The van der Waals surface area contributed by atoms with E-state index in [9.17, 15) is 20.0 Å². The summed E-state index contributed by atoms with van der Waals surface area (Å²) < 4.78 is 8.95. The SMILES string of the molecule is COc1ccc(C#N)c(C)c1-n1c(-c2ccccc2)c(-c2ccccc2)n(Cc2cccc(C(=O)O)c2)c1=O. The van der Waals surface area contributed by atoms with Crippen LogP contribution >= 0.6 is 0 Å². The molecule has 5 aromatic rings. The van der Waals surface area contributed by atoms with Gasteiger partial charge >= 0.3 is 11.7 Å². The predicted molar refractivity (Wildman–Crippen MR) is 149 cm³/mol. The van der Waals surface area contributed by atoms with Gasteiger partial charge in [-0.2, -0.15) is 5.26 Å². The van der Waals surface area contributed by atoms with Crippen LogP contribution in [0, 0.1) is 18.3 Å². The lowest BCUT2D eigenvalue weighted by Gasteiger charge is -2.16. The minimum atomic E-state index is -1.04. The second-order valence-electron chi connectivity index (χ2n) is 9.04. The van der Waals surface area contributed by atoms with E-state index in [4.69, 9.17) is 4.74 Å². The van der Waals surface area contributed by atoms with Gasteiger partial charge in [0.25, 0.3) is 0 Å². The molecule has 0 spiro atoms. The van der Waals surface area contributed by atoms with Crippen molar-refractivity contribution in [2.75, 3.05) is 7.11 Å². The van der Waals surface area contributed by atoms with E-state index in [1.165, 1.54) is 13.2 Å². The van der Waals surface area contributed by atoms with Gasteiger partial charge in [-0.3, -0.25) is 9.13 Å². The average molecular weight is 516 g/mol. The molecule has 0 amide bonds. The zero-order valence-electron chi connectivity index (χ0n) is 21.5. The van der Waals surface area contributed by atoms with Gasteiger partial charge < -0.3 is 9.84 Å². The number of benzene rings is 4. The molecule has 1 aromatic heterocycles. The lowest BCUT2D eigenvalue weighted by atomic mass is 10.0. The van der Waals surface area contributed by atoms with Crippen LogP contribution in [0.4, 0.5) is 0 Å². The van der Waals surface area contributed by atoms with Crippen LogP contribution in [0.1, 0.15) is 27.0 Å². The van der Waals surface area contributed by atoms with Crippen molar-refractivity contribution in [3.05, 3.63) is 130 Å². The number of rotatable bonds is 7. The van der Waals surface area contributed by atoms with Crippen molar-refractivity contribution < 1.29 is 14.6 Å². The molecule has 0 radical (unpaired) electrons. The molecule has 7 heteroatoms. The number of nitriles is 1. The largest absolute Gasteiger partial charge is 0.495 e. The molecule has 5 rings (SSSR count). The smallest absolute Gasteiger partial charge is 0.335 e. The predicted octanol–water partition coefficient (Wildman–Crippen LogP) is 5.91. The third-order valence-corrected chi connectivity index (χ3v) is 6.71. The monoisotopic (exact) mass is 515 g/mol. The fourth-order valence-corrected chi connectivity index (χ4v) is 4.87. The number of hydrogen-bond acceptors (Lipinski definition) is 4. The van der Waals surface area contributed by atoms with E-state index in [1.807, 2.05) is 60.7 Å². The number of hydrogen-bond donors (Lipinski definition) is 1. The lowest BCUT2D eigenvalue weighted by molar-refractivity contribution is 0.0696. The van der Waals surface area contributed by atoms with Crippen LogP contribution in [-0.2, 0) is 6.54 Å². The van der Waals surface area contributed by atoms with Gasteiger partial charge in [0.1, 0.15) is 5.75 Å². The van der Waals surface area contributed by atoms with Crippen LogP contribution in [0.15, 0.2) is 102 Å². The second-order valence-corrected chi connectivity index (χ2v) is 9.04. The number of carboxylic acids is 1. The number of aromatic nitrogens is 2. The highest BCUT2D eigenvalue weighted by Gasteiger charge is 2.27. The maximum atomic E-state index is 14.5. The summed E-state index contributed by atoms with van der Waals surface area (Å²) in [7, 11) is 1.53. The van der Waals surface area contributed by atoms with Gasteiger partial charge in [-0.25, -0.2) is 9.59 Å². The number of nitrogens with zero attached hydrogens (tertiary/aromatic N) is 3. The summed E-state index contributed by atoms with van der Waals surface area (Å²) in [5, 5.41) is 19.3. The van der Waals surface area contributed by atoms with Gasteiger partial charge in [0.15, 0.2) is 0 Å². The van der Waals surface area contributed by atoms with Crippen molar-refractivity contribution in [2.45, 2.75) is 13.5 Å². The average Bonchev–Trinajstić information content (AvgIpc) is 3.25. The van der Waals surface area contributed by atoms with Crippen LogP contribution in [0.2, 0.25) is 0 Å². The van der Waals surface area contributed by atoms with E-state index in [1.54, 1.807) is 46.4 Å². The third-order valence-electron chi connectivity index (χ3n) is 6.71. The molecule has 0 unspecified atom stereocenters. The van der Waals surface area contributed by atoms with E-state index < -0.39 is 5.97 Å². The standard InChI is InChI=1S/C32H25N3O4/c1-21-26(19-33)16-17-27(39-2)28(21)35-30(24-13-7-4-8-14-24)29(23-11-5-3-6-12-23)34(32(35)38)20-22-10-9-15-25(18-22)31(36)37/h3-18H,20H2,1-2H3,(H,36,37). The molecule has 0 aliphatic rings. The van der Waals surface area contributed by atoms with Crippen molar-refractivity contribution in [3.8, 4) is 40.0 Å². The van der Waals surface area contributed by atoms with E-state index in [0.29, 0.717) is 39.5 Å². The third kappa shape index (κ3) is 4.60. The molecular formula is C32H25N3O4. The van der Waals surface area contributed by atoms with Crippen molar-refractivity contribution in [1.82, 2.24) is 9.13 Å².